The monoisotopic (exact) mass is 559 g/mol. The Balaban J connectivity index is 1.41. The summed E-state index contributed by atoms with van der Waals surface area (Å²) >= 11 is 1.25. The van der Waals surface area contributed by atoms with Crippen LogP contribution in [0.2, 0.25) is 0 Å². The minimum absolute atomic E-state index is 0.0173. The highest BCUT2D eigenvalue weighted by atomic mass is 32.1. The number of thiazole rings is 1. The van der Waals surface area contributed by atoms with E-state index < -0.39 is 17.7 Å². The lowest BCUT2D eigenvalue weighted by Gasteiger charge is -2.28. The van der Waals surface area contributed by atoms with E-state index in [0.29, 0.717) is 17.2 Å². The summed E-state index contributed by atoms with van der Waals surface area (Å²) in [5, 5.41) is 13.6. The number of halogens is 2. The molecule has 0 radical (unpaired) electrons. The highest BCUT2D eigenvalue weighted by Gasteiger charge is 2.27. The van der Waals surface area contributed by atoms with Crippen LogP contribution in [0.5, 0.6) is 0 Å². The molecule has 4 aromatic heterocycles. The van der Waals surface area contributed by atoms with Crippen LogP contribution in [0.15, 0.2) is 36.1 Å². The van der Waals surface area contributed by atoms with Gasteiger partial charge in [0.25, 0.3) is 5.91 Å². The normalized spacial score (nSPS) is 17.7. The highest BCUT2D eigenvalue weighted by molar-refractivity contribution is 7.22. The van der Waals surface area contributed by atoms with Crippen molar-refractivity contribution >= 4 is 31.4 Å². The van der Waals surface area contributed by atoms with Gasteiger partial charge in [0.2, 0.25) is 5.95 Å². The van der Waals surface area contributed by atoms with Gasteiger partial charge >= 0.3 is 0 Å². The molecule has 0 aliphatic heterocycles. The smallest absolute Gasteiger partial charge is 0.275 e. The molecule has 1 amide bonds. The second kappa shape index (κ2) is 11.5. The van der Waals surface area contributed by atoms with Crippen molar-refractivity contribution in [3.8, 4) is 22.0 Å². The van der Waals surface area contributed by atoms with Gasteiger partial charge in [-0.3, -0.25) is 18.7 Å². The number of amides is 1. The van der Waals surface area contributed by atoms with Gasteiger partial charge in [0.05, 0.1) is 24.0 Å². The van der Waals surface area contributed by atoms with Gasteiger partial charge < -0.3 is 10.1 Å². The van der Waals surface area contributed by atoms with E-state index in [4.69, 9.17) is 4.74 Å². The van der Waals surface area contributed by atoms with Crippen LogP contribution in [0, 0.1) is 11.8 Å². The number of ether oxygens (including phenoxy) is 1. The number of anilines is 1. The number of carbonyl (C=O) groups is 1. The van der Waals surface area contributed by atoms with Crippen LogP contribution in [-0.2, 0) is 15.6 Å². The Morgan fingerprint density at radius 2 is 2.00 bits per heavy atom. The number of rotatable bonds is 9. The lowest BCUT2D eigenvalue weighted by atomic mass is 9.93. The average Bonchev–Trinajstić information content (AvgIpc) is 3.66. The van der Waals surface area contributed by atoms with E-state index in [-0.39, 0.29) is 49.7 Å². The second-order valence-corrected chi connectivity index (χ2v) is 10.2. The number of nitrogens with zero attached hydrogens (tertiary/aromatic N) is 6. The Morgan fingerprint density at radius 3 is 2.76 bits per heavy atom. The Hall–Kier alpha value is -3.41. The first-order valence-corrected chi connectivity index (χ1v) is 13.9. The van der Waals surface area contributed by atoms with E-state index in [1.54, 1.807) is 28.7 Å². The van der Waals surface area contributed by atoms with Crippen molar-refractivity contribution in [2.75, 3.05) is 11.9 Å². The summed E-state index contributed by atoms with van der Waals surface area (Å²) in [6, 6.07) is 1.93. The molecule has 0 spiro atoms. The van der Waals surface area contributed by atoms with Gasteiger partial charge in [-0.05, 0) is 44.7 Å². The highest BCUT2D eigenvalue weighted by Crippen LogP contribution is 2.34. The maximum Gasteiger partial charge on any atom is 0.275 e. The van der Waals surface area contributed by atoms with E-state index in [0.717, 1.165) is 37.8 Å². The zero-order valence-electron chi connectivity index (χ0n) is 20.4. The summed E-state index contributed by atoms with van der Waals surface area (Å²) < 4.78 is 48.4. The fourth-order valence-electron chi connectivity index (χ4n) is 4.45. The predicted octanol–water partition coefficient (Wildman–Crippen LogP) is 5.57. The largest absolute Gasteiger partial charge is 0.379 e. The van der Waals surface area contributed by atoms with E-state index >= 15 is 0 Å². The van der Waals surface area contributed by atoms with E-state index in [9.17, 15) is 18.1 Å². The third-order valence-electron chi connectivity index (χ3n) is 6.26. The van der Waals surface area contributed by atoms with Gasteiger partial charge in [-0.15, -0.1) is 11.3 Å². The Kier molecular flexibility index (Phi) is 7.96. The quantitative estimate of drug-likeness (QED) is 0.211. The third-order valence-corrected chi connectivity index (χ3v) is 7.55. The lowest BCUT2D eigenvalue weighted by Crippen LogP contribution is -2.24. The van der Waals surface area contributed by atoms with E-state index in [2.05, 4.69) is 25.5 Å². The van der Waals surface area contributed by atoms with Gasteiger partial charge in [-0.25, -0.2) is 14.4 Å². The van der Waals surface area contributed by atoms with Crippen molar-refractivity contribution in [2.45, 2.75) is 51.0 Å². The fraction of sp³-hybridized carbons (Fsp3) is 0.375. The van der Waals surface area contributed by atoms with Gasteiger partial charge in [0, 0.05) is 29.9 Å². The molecule has 1 aliphatic rings. The van der Waals surface area contributed by atoms with E-state index in [1.807, 2.05) is 6.92 Å². The molecule has 14 heteroatoms. The van der Waals surface area contributed by atoms with Crippen molar-refractivity contribution < 1.29 is 22.9 Å². The number of carbonyl (C=O) groups excluding carboxylic acids is 1. The summed E-state index contributed by atoms with van der Waals surface area (Å²) in [5.74, 6) is -2.14. The predicted molar refractivity (Wildman–Crippen MR) is 137 cm³/mol. The molecule has 0 atom stereocenters. The summed E-state index contributed by atoms with van der Waals surface area (Å²) in [6.07, 6.45) is 8.61. The molecule has 198 valence electrons. The van der Waals surface area contributed by atoms with Crippen molar-refractivity contribution in [1.29, 1.82) is 0 Å². The zero-order chi connectivity index (χ0) is 26.6. The molecule has 10 nitrogen and oxygen atoms in total. The van der Waals surface area contributed by atoms with Crippen LogP contribution in [0.4, 0.5) is 14.5 Å². The van der Waals surface area contributed by atoms with Crippen LogP contribution in [0.1, 0.15) is 49.1 Å². The molecule has 0 saturated heterocycles. The molecular weight excluding hydrogens is 535 g/mol. The first-order valence-electron chi connectivity index (χ1n) is 12.1. The van der Waals surface area contributed by atoms with Crippen LogP contribution in [0.25, 0.3) is 22.0 Å². The molecule has 1 fully saturated rings. The van der Waals surface area contributed by atoms with Crippen molar-refractivity contribution in [2.24, 2.45) is 0 Å². The molecule has 1 aliphatic carbocycles. The molecule has 0 unspecified atom stereocenters. The standard InChI is InChI=1S/C24H24F2N7O3PS/c1-2-36-16-5-3-15(4-6-16)33-11-18(22(31-33)21-17(25)7-8-20(26)30-21)28-23(34)19-12-38-24(29-19)14-9-27-32(10-14)13-37-35/h7-12,15-16H,2-6,13H2,1H3,(H,28,34). The number of pyridine rings is 1. The van der Waals surface area contributed by atoms with Crippen molar-refractivity contribution in [1.82, 2.24) is 29.5 Å². The third kappa shape index (κ3) is 5.69. The molecule has 0 aromatic carbocycles. The molecule has 4 aromatic rings. The summed E-state index contributed by atoms with van der Waals surface area (Å²) in [7, 11) is -0.0661. The molecule has 38 heavy (non-hydrogen) atoms. The first-order chi connectivity index (χ1) is 18.4. The maximum atomic E-state index is 14.7. The van der Waals surface area contributed by atoms with Gasteiger partial charge in [-0.2, -0.15) is 14.6 Å². The fourth-order valence-corrected chi connectivity index (χ4v) is 5.50. The van der Waals surface area contributed by atoms with Gasteiger partial charge in [0.1, 0.15) is 28.4 Å². The summed E-state index contributed by atoms with van der Waals surface area (Å²) in [5.41, 5.74) is 0.779. The molecule has 1 N–H and O–H groups in total. The van der Waals surface area contributed by atoms with Crippen molar-refractivity contribution in [3.63, 3.8) is 0 Å². The molecule has 4 heterocycles. The van der Waals surface area contributed by atoms with Crippen LogP contribution in [0.3, 0.4) is 0 Å². The second-order valence-electron chi connectivity index (χ2n) is 8.75. The van der Waals surface area contributed by atoms with E-state index in [1.165, 1.54) is 16.0 Å². The molecular formula is C24H24F2N7O3PS. The van der Waals surface area contributed by atoms with Crippen LogP contribution in [-0.4, -0.2) is 48.1 Å². The number of nitrogens with one attached hydrogen (secondary N) is 1. The zero-order valence-corrected chi connectivity index (χ0v) is 22.1. The molecule has 1 saturated carbocycles. The van der Waals surface area contributed by atoms with Crippen LogP contribution < -0.4 is 5.32 Å². The minimum atomic E-state index is -0.855. The number of hydrogen-bond acceptors (Lipinski definition) is 8. The Labute approximate surface area is 222 Å². The van der Waals surface area contributed by atoms with Gasteiger partial charge in [-0.1, -0.05) is 0 Å². The van der Waals surface area contributed by atoms with Crippen molar-refractivity contribution in [3.05, 3.63) is 53.6 Å². The van der Waals surface area contributed by atoms with Crippen LogP contribution >= 0.6 is 19.8 Å². The number of hydrogen-bond donors (Lipinski definition) is 1. The SMILES string of the molecule is CCOC1CCC(n2cc(NC(=O)c3csc(-c4cnn(CP=O)c4)n3)c(-c3nc(F)ccc3F)n2)CC1. The minimum Gasteiger partial charge on any atom is -0.379 e. The summed E-state index contributed by atoms with van der Waals surface area (Å²) in [4.78, 5) is 21.2. The topological polar surface area (TPSA) is 117 Å². The Bertz CT molecular complexity index is 1450. The van der Waals surface area contributed by atoms with Gasteiger partial charge in [0.15, 0.2) is 14.3 Å². The average molecular weight is 560 g/mol. The molecule has 5 rings (SSSR count). The number of aromatic nitrogens is 6. The molecule has 0 bridgehead atoms. The maximum absolute atomic E-state index is 14.7. The Morgan fingerprint density at radius 1 is 1.18 bits per heavy atom. The lowest BCUT2D eigenvalue weighted by molar-refractivity contribution is 0.0260. The first kappa shape index (κ1) is 26.2. The summed E-state index contributed by atoms with van der Waals surface area (Å²) in [6.45, 7) is 2.62.